The molecule has 0 fully saturated rings. The molecule has 0 aliphatic carbocycles. The van der Waals surface area contributed by atoms with Crippen molar-refractivity contribution in [3.05, 3.63) is 23.8 Å². The van der Waals surface area contributed by atoms with Crippen LogP contribution >= 0.6 is 0 Å². The van der Waals surface area contributed by atoms with Crippen molar-refractivity contribution < 1.29 is 9.90 Å². The minimum atomic E-state index is -0.881. The first-order chi connectivity index (χ1) is 7.44. The molecule has 1 rings (SSSR count). The van der Waals surface area contributed by atoms with Crippen molar-refractivity contribution in [2.24, 2.45) is 0 Å². The van der Waals surface area contributed by atoms with Crippen molar-refractivity contribution in [3.8, 4) is 0 Å². The molecule has 88 valence electrons. The van der Waals surface area contributed by atoms with Gasteiger partial charge < -0.3 is 10.4 Å². The first-order valence-electron chi connectivity index (χ1n) is 5.24. The van der Waals surface area contributed by atoms with E-state index >= 15 is 0 Å². The van der Waals surface area contributed by atoms with Gasteiger partial charge in [0.25, 0.3) is 5.91 Å². The van der Waals surface area contributed by atoms with Crippen molar-refractivity contribution in [2.75, 3.05) is 6.54 Å². The van der Waals surface area contributed by atoms with Crippen LogP contribution in [0, 0.1) is 6.92 Å². The van der Waals surface area contributed by atoms with Crippen molar-refractivity contribution in [3.63, 3.8) is 0 Å². The molecular formula is C11H17N3O2. The van der Waals surface area contributed by atoms with Crippen LogP contribution in [-0.2, 0) is 0 Å². The molecule has 0 saturated carbocycles. The number of rotatable bonds is 4. The van der Waals surface area contributed by atoms with Gasteiger partial charge in [0, 0.05) is 12.7 Å². The molecule has 1 aromatic rings. The van der Waals surface area contributed by atoms with E-state index in [0.29, 0.717) is 6.42 Å². The number of hydrogen-bond donors (Lipinski definition) is 2. The summed E-state index contributed by atoms with van der Waals surface area (Å²) in [6.07, 6.45) is 3.53. The van der Waals surface area contributed by atoms with Crippen LogP contribution in [0.2, 0.25) is 0 Å². The van der Waals surface area contributed by atoms with Crippen LogP contribution in [0.3, 0.4) is 0 Å². The standard InChI is InChI=1S/C11H17N3O2/c1-4-11(3,16)7-14-10(15)9-6-12-8(2)5-13-9/h5-6,16H,4,7H2,1-3H3,(H,14,15). The largest absolute Gasteiger partial charge is 0.388 e. The third-order valence-electron chi connectivity index (χ3n) is 2.41. The second kappa shape index (κ2) is 5.03. The molecule has 0 radical (unpaired) electrons. The SMILES string of the molecule is CCC(C)(O)CNC(=O)c1cnc(C)cn1. The van der Waals surface area contributed by atoms with E-state index in [2.05, 4.69) is 15.3 Å². The molecule has 1 atom stereocenters. The van der Waals surface area contributed by atoms with E-state index in [1.54, 1.807) is 13.8 Å². The molecule has 1 unspecified atom stereocenters. The lowest BCUT2D eigenvalue weighted by Crippen LogP contribution is -2.40. The Kier molecular flexibility index (Phi) is 3.95. The maximum absolute atomic E-state index is 11.6. The summed E-state index contributed by atoms with van der Waals surface area (Å²) >= 11 is 0. The summed E-state index contributed by atoms with van der Waals surface area (Å²) in [5.74, 6) is -0.318. The highest BCUT2D eigenvalue weighted by Gasteiger charge is 2.19. The third kappa shape index (κ3) is 3.58. The van der Waals surface area contributed by atoms with Crippen LogP contribution in [0.5, 0.6) is 0 Å². The van der Waals surface area contributed by atoms with Crippen molar-refractivity contribution in [1.29, 1.82) is 0 Å². The fraction of sp³-hybridized carbons (Fsp3) is 0.545. The summed E-state index contributed by atoms with van der Waals surface area (Å²) < 4.78 is 0. The maximum Gasteiger partial charge on any atom is 0.271 e. The molecule has 0 aliphatic rings. The zero-order valence-corrected chi connectivity index (χ0v) is 9.82. The molecule has 5 nitrogen and oxygen atoms in total. The fourth-order valence-corrected chi connectivity index (χ4v) is 0.996. The number of aromatic nitrogens is 2. The Morgan fingerprint density at radius 2 is 2.19 bits per heavy atom. The normalized spacial score (nSPS) is 14.2. The van der Waals surface area contributed by atoms with Crippen LogP contribution in [0.15, 0.2) is 12.4 Å². The number of carbonyl (C=O) groups excluding carboxylic acids is 1. The second-order valence-electron chi connectivity index (χ2n) is 4.08. The van der Waals surface area contributed by atoms with Gasteiger partial charge in [-0.15, -0.1) is 0 Å². The Bertz CT molecular complexity index is 360. The Balaban J connectivity index is 2.56. The Morgan fingerprint density at radius 1 is 1.50 bits per heavy atom. The maximum atomic E-state index is 11.6. The molecule has 0 saturated heterocycles. The highest BCUT2D eigenvalue weighted by molar-refractivity contribution is 5.91. The van der Waals surface area contributed by atoms with Gasteiger partial charge in [-0.2, -0.15) is 0 Å². The summed E-state index contributed by atoms with van der Waals surface area (Å²) in [5.41, 5.74) is 0.142. The van der Waals surface area contributed by atoms with Gasteiger partial charge in [-0.1, -0.05) is 6.92 Å². The van der Waals surface area contributed by atoms with Gasteiger partial charge in [0.1, 0.15) is 5.69 Å². The summed E-state index contributed by atoms with van der Waals surface area (Å²) in [7, 11) is 0. The highest BCUT2D eigenvalue weighted by atomic mass is 16.3. The topological polar surface area (TPSA) is 75.1 Å². The van der Waals surface area contributed by atoms with Gasteiger partial charge in [0.2, 0.25) is 0 Å². The zero-order valence-electron chi connectivity index (χ0n) is 9.82. The highest BCUT2D eigenvalue weighted by Crippen LogP contribution is 2.06. The van der Waals surface area contributed by atoms with Gasteiger partial charge in [-0.25, -0.2) is 4.98 Å². The van der Waals surface area contributed by atoms with Gasteiger partial charge in [-0.05, 0) is 20.3 Å². The number of aliphatic hydroxyl groups is 1. The lowest BCUT2D eigenvalue weighted by Gasteiger charge is -2.21. The second-order valence-corrected chi connectivity index (χ2v) is 4.08. The molecule has 2 N–H and O–H groups in total. The Hall–Kier alpha value is -1.49. The number of hydrogen-bond acceptors (Lipinski definition) is 4. The first-order valence-corrected chi connectivity index (χ1v) is 5.24. The van der Waals surface area contributed by atoms with E-state index < -0.39 is 5.60 Å². The molecule has 0 spiro atoms. The predicted molar refractivity (Wildman–Crippen MR) is 60.0 cm³/mol. The monoisotopic (exact) mass is 223 g/mol. The minimum Gasteiger partial charge on any atom is -0.388 e. The summed E-state index contributed by atoms with van der Waals surface area (Å²) in [6, 6.07) is 0. The van der Waals surface area contributed by atoms with Crippen molar-refractivity contribution in [1.82, 2.24) is 15.3 Å². The van der Waals surface area contributed by atoms with E-state index in [1.165, 1.54) is 12.4 Å². The molecule has 1 heterocycles. The van der Waals surface area contributed by atoms with Gasteiger partial charge in [0.15, 0.2) is 0 Å². The minimum absolute atomic E-state index is 0.206. The zero-order chi connectivity index (χ0) is 12.2. The lowest BCUT2D eigenvalue weighted by atomic mass is 10.0. The molecular weight excluding hydrogens is 206 g/mol. The molecule has 16 heavy (non-hydrogen) atoms. The first kappa shape index (κ1) is 12.6. The number of carbonyl (C=O) groups is 1. The van der Waals surface area contributed by atoms with Crippen LogP contribution in [0.1, 0.15) is 36.5 Å². The van der Waals surface area contributed by atoms with Gasteiger partial charge in [0.05, 0.1) is 17.5 Å². The number of aryl methyl sites for hydroxylation is 1. The van der Waals surface area contributed by atoms with Crippen molar-refractivity contribution in [2.45, 2.75) is 32.8 Å². The van der Waals surface area contributed by atoms with E-state index in [1.807, 2.05) is 6.92 Å². The Morgan fingerprint density at radius 3 is 2.69 bits per heavy atom. The molecule has 0 aromatic carbocycles. The van der Waals surface area contributed by atoms with E-state index in [-0.39, 0.29) is 18.1 Å². The summed E-state index contributed by atoms with van der Waals surface area (Å²) in [5, 5.41) is 12.3. The van der Waals surface area contributed by atoms with Crippen LogP contribution in [0.25, 0.3) is 0 Å². The molecule has 1 aromatic heterocycles. The predicted octanol–water partition coefficient (Wildman–Crippen LogP) is 0.676. The average Bonchev–Trinajstić information content (AvgIpc) is 2.27. The van der Waals surface area contributed by atoms with E-state index in [4.69, 9.17) is 0 Å². The third-order valence-corrected chi connectivity index (χ3v) is 2.41. The molecule has 1 amide bonds. The van der Waals surface area contributed by atoms with Gasteiger partial charge >= 0.3 is 0 Å². The number of nitrogens with zero attached hydrogens (tertiary/aromatic N) is 2. The summed E-state index contributed by atoms with van der Waals surface area (Å²) in [6.45, 7) is 5.54. The van der Waals surface area contributed by atoms with E-state index in [9.17, 15) is 9.90 Å². The number of amides is 1. The molecule has 0 bridgehead atoms. The quantitative estimate of drug-likeness (QED) is 0.787. The smallest absolute Gasteiger partial charge is 0.271 e. The van der Waals surface area contributed by atoms with Crippen LogP contribution in [-0.4, -0.2) is 33.1 Å². The molecule has 0 aliphatic heterocycles. The average molecular weight is 223 g/mol. The summed E-state index contributed by atoms with van der Waals surface area (Å²) in [4.78, 5) is 19.5. The van der Waals surface area contributed by atoms with Crippen LogP contribution < -0.4 is 5.32 Å². The van der Waals surface area contributed by atoms with Crippen molar-refractivity contribution >= 4 is 5.91 Å². The lowest BCUT2D eigenvalue weighted by molar-refractivity contribution is 0.0517. The van der Waals surface area contributed by atoms with Crippen LogP contribution in [0.4, 0.5) is 0 Å². The Labute approximate surface area is 94.9 Å². The van der Waals surface area contributed by atoms with Gasteiger partial charge in [-0.3, -0.25) is 9.78 Å². The van der Waals surface area contributed by atoms with E-state index in [0.717, 1.165) is 5.69 Å². The molecule has 5 heteroatoms. The number of nitrogens with one attached hydrogen (secondary N) is 1. The fourth-order valence-electron chi connectivity index (χ4n) is 0.996.